The van der Waals surface area contributed by atoms with E-state index in [1.165, 1.54) is 0 Å². The van der Waals surface area contributed by atoms with Crippen molar-refractivity contribution < 1.29 is 14.2 Å². The number of morpholine rings is 1. The summed E-state index contributed by atoms with van der Waals surface area (Å²) in [6.45, 7) is 4.21. The molecule has 2 aromatic rings. The van der Waals surface area contributed by atoms with Gasteiger partial charge in [-0.05, 0) is 40.2 Å². The molecule has 0 unspecified atom stereocenters. The smallest absolute Gasteiger partial charge is 0.213 e. The number of aromatic nitrogens is 1. The van der Waals surface area contributed by atoms with E-state index in [1.807, 2.05) is 12.1 Å². The van der Waals surface area contributed by atoms with E-state index in [2.05, 4.69) is 32.9 Å². The van der Waals surface area contributed by atoms with Gasteiger partial charge in [0.2, 0.25) is 5.88 Å². The molecule has 128 valence electrons. The first-order chi connectivity index (χ1) is 11.6. The summed E-state index contributed by atoms with van der Waals surface area (Å²) in [6, 6.07) is 3.90. The summed E-state index contributed by atoms with van der Waals surface area (Å²) in [6.07, 6.45) is 0.0666. The molecule has 0 spiro atoms. The number of hydrogen-bond acceptors (Lipinski definition) is 5. The van der Waals surface area contributed by atoms with E-state index in [1.54, 1.807) is 0 Å². The Morgan fingerprint density at radius 3 is 3.04 bits per heavy atom. The number of likely N-dealkylation sites (N-methyl/N-ethyl adjacent to an activating group) is 1. The van der Waals surface area contributed by atoms with Crippen LogP contribution in [0, 0.1) is 0 Å². The molecule has 1 aromatic carbocycles. The van der Waals surface area contributed by atoms with Crippen molar-refractivity contribution in [1.29, 1.82) is 0 Å². The van der Waals surface area contributed by atoms with Gasteiger partial charge >= 0.3 is 0 Å². The molecule has 7 heteroatoms. The Labute approximate surface area is 154 Å². The summed E-state index contributed by atoms with van der Waals surface area (Å²) in [7, 11) is 2.09. The minimum atomic E-state index is 0.0666. The third-order valence-electron chi connectivity index (χ3n) is 4.48. The van der Waals surface area contributed by atoms with E-state index in [0.29, 0.717) is 30.7 Å². The fourth-order valence-corrected chi connectivity index (χ4v) is 3.98. The summed E-state index contributed by atoms with van der Waals surface area (Å²) in [5.41, 5.74) is 3.01. The van der Waals surface area contributed by atoms with Crippen LogP contribution in [0.5, 0.6) is 5.88 Å². The normalized spacial score (nSPS) is 21.2. The molecular weight excluding hydrogens is 396 g/mol. The highest BCUT2D eigenvalue weighted by Gasteiger charge is 2.23. The van der Waals surface area contributed by atoms with Crippen LogP contribution < -0.4 is 4.74 Å². The molecular formula is C17H18BrClN2O3. The molecule has 1 atom stereocenters. The molecule has 5 nitrogen and oxygen atoms in total. The molecule has 24 heavy (non-hydrogen) atoms. The van der Waals surface area contributed by atoms with Gasteiger partial charge < -0.3 is 19.1 Å². The average molecular weight is 414 g/mol. The Balaban J connectivity index is 1.59. The van der Waals surface area contributed by atoms with E-state index in [0.717, 1.165) is 46.2 Å². The molecule has 0 saturated carbocycles. The Bertz CT molecular complexity index is 786. The van der Waals surface area contributed by atoms with Crippen molar-refractivity contribution in [2.45, 2.75) is 19.3 Å². The van der Waals surface area contributed by atoms with Crippen molar-refractivity contribution in [3.63, 3.8) is 0 Å². The van der Waals surface area contributed by atoms with E-state index < -0.39 is 0 Å². The zero-order chi connectivity index (χ0) is 16.7. The van der Waals surface area contributed by atoms with Gasteiger partial charge in [-0.15, -0.1) is 0 Å². The molecule has 2 aliphatic heterocycles. The molecule has 4 rings (SSSR count). The standard InChI is InChI=1S/C17H18BrClN2O3/c1-21-4-5-23-10(6-21)7-24-14-3-2-11-12-8-22-9-13(12)15(18)16(19)17(11)20-14/h2-3,10H,4-9H2,1H3/t10-/m1/s1. The number of hydrogen-bond donors (Lipinski definition) is 0. The highest BCUT2D eigenvalue weighted by atomic mass is 79.9. The monoisotopic (exact) mass is 412 g/mol. The molecule has 0 aliphatic carbocycles. The van der Waals surface area contributed by atoms with E-state index in [-0.39, 0.29) is 6.10 Å². The second-order valence-corrected chi connectivity index (χ2v) is 7.36. The van der Waals surface area contributed by atoms with Crippen LogP contribution in [0.3, 0.4) is 0 Å². The van der Waals surface area contributed by atoms with E-state index in [4.69, 9.17) is 25.8 Å². The predicted molar refractivity (Wildman–Crippen MR) is 95.7 cm³/mol. The number of rotatable bonds is 3. The number of fused-ring (bicyclic) bond motifs is 3. The van der Waals surface area contributed by atoms with Crippen LogP contribution >= 0.6 is 27.5 Å². The number of ether oxygens (including phenoxy) is 3. The van der Waals surface area contributed by atoms with Crippen LogP contribution in [0.4, 0.5) is 0 Å². The summed E-state index contributed by atoms with van der Waals surface area (Å²) in [5.74, 6) is 0.562. The Hall–Kier alpha value is -0.920. The maximum absolute atomic E-state index is 6.50. The van der Waals surface area contributed by atoms with Gasteiger partial charge in [-0.1, -0.05) is 11.6 Å². The topological polar surface area (TPSA) is 43.8 Å². The highest BCUT2D eigenvalue weighted by Crippen LogP contribution is 2.40. The van der Waals surface area contributed by atoms with Crippen molar-refractivity contribution in [1.82, 2.24) is 9.88 Å². The van der Waals surface area contributed by atoms with Crippen LogP contribution in [0.1, 0.15) is 11.1 Å². The third-order valence-corrected chi connectivity index (χ3v) is 5.95. The van der Waals surface area contributed by atoms with Gasteiger partial charge in [0.1, 0.15) is 12.7 Å². The van der Waals surface area contributed by atoms with Crippen molar-refractivity contribution >= 4 is 38.4 Å². The maximum Gasteiger partial charge on any atom is 0.213 e. The summed E-state index contributed by atoms with van der Waals surface area (Å²) < 4.78 is 18.0. The lowest BCUT2D eigenvalue weighted by atomic mass is 10.0. The summed E-state index contributed by atoms with van der Waals surface area (Å²) in [5, 5.41) is 1.63. The van der Waals surface area contributed by atoms with Gasteiger partial charge in [-0.2, -0.15) is 0 Å². The van der Waals surface area contributed by atoms with Crippen LogP contribution in [0.15, 0.2) is 16.6 Å². The average Bonchev–Trinajstić information content (AvgIpc) is 3.08. The predicted octanol–water partition coefficient (Wildman–Crippen LogP) is 3.39. The van der Waals surface area contributed by atoms with Crippen LogP contribution in [-0.4, -0.2) is 49.3 Å². The molecule has 1 saturated heterocycles. The number of benzene rings is 1. The molecule has 1 fully saturated rings. The second-order valence-electron chi connectivity index (χ2n) is 6.19. The Morgan fingerprint density at radius 1 is 1.38 bits per heavy atom. The summed E-state index contributed by atoms with van der Waals surface area (Å²) in [4.78, 5) is 6.85. The largest absolute Gasteiger partial charge is 0.475 e. The maximum atomic E-state index is 6.50. The van der Waals surface area contributed by atoms with Crippen molar-refractivity contribution in [2.75, 3.05) is 33.4 Å². The lowest BCUT2D eigenvalue weighted by molar-refractivity contribution is -0.0409. The number of nitrogens with zero attached hydrogens (tertiary/aromatic N) is 2. The Morgan fingerprint density at radius 2 is 2.21 bits per heavy atom. The van der Waals surface area contributed by atoms with Crippen molar-refractivity contribution in [2.24, 2.45) is 0 Å². The van der Waals surface area contributed by atoms with Crippen LogP contribution in [0.25, 0.3) is 10.9 Å². The van der Waals surface area contributed by atoms with Gasteiger partial charge in [0, 0.05) is 29.0 Å². The number of halogens is 2. The molecule has 2 aliphatic rings. The fourth-order valence-electron chi connectivity index (χ4n) is 3.18. The van der Waals surface area contributed by atoms with Gasteiger partial charge in [-0.25, -0.2) is 4.98 Å². The first-order valence-electron chi connectivity index (χ1n) is 7.93. The lowest BCUT2D eigenvalue weighted by Gasteiger charge is -2.29. The van der Waals surface area contributed by atoms with Gasteiger partial charge in [0.05, 0.1) is 30.4 Å². The van der Waals surface area contributed by atoms with Gasteiger partial charge in [0.15, 0.2) is 0 Å². The SMILES string of the molecule is CN1CCO[C@@H](COc2ccc3c4c(c(Br)c(Cl)c3n2)COC4)C1. The highest BCUT2D eigenvalue weighted by molar-refractivity contribution is 9.10. The molecule has 0 amide bonds. The lowest BCUT2D eigenvalue weighted by Crippen LogP contribution is -2.42. The zero-order valence-electron chi connectivity index (χ0n) is 13.3. The van der Waals surface area contributed by atoms with Crippen LogP contribution in [-0.2, 0) is 22.7 Å². The summed E-state index contributed by atoms with van der Waals surface area (Å²) >= 11 is 10.1. The van der Waals surface area contributed by atoms with E-state index >= 15 is 0 Å². The molecule has 0 radical (unpaired) electrons. The fraction of sp³-hybridized carbons (Fsp3) is 0.471. The first-order valence-corrected chi connectivity index (χ1v) is 9.10. The minimum Gasteiger partial charge on any atom is -0.475 e. The van der Waals surface area contributed by atoms with Gasteiger partial charge in [-0.3, -0.25) is 0 Å². The number of pyridine rings is 1. The third kappa shape index (κ3) is 3.02. The molecule has 0 bridgehead atoms. The molecule has 1 aromatic heterocycles. The van der Waals surface area contributed by atoms with Gasteiger partial charge in [0.25, 0.3) is 0 Å². The Kier molecular flexibility index (Phi) is 4.66. The van der Waals surface area contributed by atoms with Crippen molar-refractivity contribution in [3.05, 3.63) is 32.8 Å². The zero-order valence-corrected chi connectivity index (χ0v) is 15.7. The molecule has 0 N–H and O–H groups in total. The minimum absolute atomic E-state index is 0.0666. The first kappa shape index (κ1) is 16.5. The van der Waals surface area contributed by atoms with Crippen molar-refractivity contribution in [3.8, 4) is 5.88 Å². The molecule has 3 heterocycles. The second kappa shape index (κ2) is 6.77. The quantitative estimate of drug-likeness (QED) is 0.772. The van der Waals surface area contributed by atoms with E-state index in [9.17, 15) is 0 Å². The van der Waals surface area contributed by atoms with Crippen LogP contribution in [0.2, 0.25) is 5.02 Å².